The van der Waals surface area contributed by atoms with Crippen LogP contribution in [0.3, 0.4) is 0 Å². The third-order valence-electron chi connectivity index (χ3n) is 13.1. The van der Waals surface area contributed by atoms with Crippen LogP contribution in [0.2, 0.25) is 0 Å². The molecule has 8 atom stereocenters. The van der Waals surface area contributed by atoms with Gasteiger partial charge in [-0.1, -0.05) is 99.2 Å². The van der Waals surface area contributed by atoms with Gasteiger partial charge in [-0.3, -0.25) is 14.4 Å². The largest absolute Gasteiger partial charge is 0.450 e. The number of ketones is 2. The van der Waals surface area contributed by atoms with Gasteiger partial charge in [-0.15, -0.1) is 11.6 Å². The monoisotopic (exact) mass is 741 g/mol. The van der Waals surface area contributed by atoms with Crippen LogP contribution in [0, 0.1) is 28.6 Å². The number of ether oxygens (including phenoxy) is 1. The Hall–Kier alpha value is -3.65. The van der Waals surface area contributed by atoms with Gasteiger partial charge in [-0.25, -0.2) is 4.39 Å². The second-order valence-corrected chi connectivity index (χ2v) is 16.5. The number of carbonyl (C=O) groups is 3. The molecule has 0 aliphatic heterocycles. The third kappa shape index (κ3) is 6.31. The van der Waals surface area contributed by atoms with Crippen molar-refractivity contribution in [2.45, 2.75) is 83.6 Å². The molecule has 0 bridgehead atoms. The lowest BCUT2D eigenvalue weighted by Crippen LogP contribution is -2.70. The van der Waals surface area contributed by atoms with Crippen LogP contribution in [0.25, 0.3) is 17.7 Å². The average Bonchev–Trinajstić information content (AvgIpc) is 3.25. The SMILES string of the molecule is CCC(=O)O[C@]1(C(=O)CCl)[C@@H](C)C[C@H]2[C@@H]3CCC4=CC(=O)C=C[C@]4(C)[C@@]3(F)[C@@H](O)C[C@@]21C.CN(C)CCC=C1c2ccccc2C=Cc2ccccc21. The first-order valence-electron chi connectivity index (χ1n) is 19.0. The van der Waals surface area contributed by atoms with Crippen LogP contribution in [0.4, 0.5) is 4.39 Å². The van der Waals surface area contributed by atoms with Gasteiger partial charge in [0.15, 0.2) is 22.8 Å². The summed E-state index contributed by atoms with van der Waals surface area (Å²) in [7, 11) is 4.24. The van der Waals surface area contributed by atoms with Crippen molar-refractivity contribution in [3.63, 3.8) is 0 Å². The molecule has 5 aliphatic carbocycles. The number of hydrogen-bond acceptors (Lipinski definition) is 6. The van der Waals surface area contributed by atoms with Gasteiger partial charge in [0.25, 0.3) is 0 Å². The van der Waals surface area contributed by atoms with Crippen molar-refractivity contribution in [2.24, 2.45) is 28.6 Å². The summed E-state index contributed by atoms with van der Waals surface area (Å²) < 4.78 is 23.1. The van der Waals surface area contributed by atoms with Gasteiger partial charge in [0, 0.05) is 35.6 Å². The van der Waals surface area contributed by atoms with Crippen LogP contribution in [-0.2, 0) is 19.1 Å². The molecule has 0 heterocycles. The van der Waals surface area contributed by atoms with E-state index in [9.17, 15) is 19.5 Å². The van der Waals surface area contributed by atoms with Crippen molar-refractivity contribution in [3.05, 3.63) is 101 Å². The van der Waals surface area contributed by atoms with E-state index in [4.69, 9.17) is 16.3 Å². The predicted octanol–water partition coefficient (Wildman–Crippen LogP) is 8.66. The number of esters is 1. The van der Waals surface area contributed by atoms with Crippen molar-refractivity contribution in [1.82, 2.24) is 4.90 Å². The first kappa shape index (κ1) is 39.1. The Bertz CT molecular complexity index is 1850. The average molecular weight is 742 g/mol. The maximum atomic E-state index is 17.2. The zero-order valence-corrected chi connectivity index (χ0v) is 32.6. The number of halogens is 2. The fourth-order valence-electron chi connectivity index (χ4n) is 10.5. The van der Waals surface area contributed by atoms with Crippen LogP contribution in [0.5, 0.6) is 0 Å². The van der Waals surface area contributed by atoms with Gasteiger partial charge in [0.1, 0.15) is 0 Å². The van der Waals surface area contributed by atoms with E-state index >= 15 is 4.39 Å². The normalized spacial score (nSPS) is 33.6. The van der Waals surface area contributed by atoms with E-state index in [1.807, 2.05) is 13.8 Å². The van der Waals surface area contributed by atoms with E-state index in [0.717, 1.165) is 13.0 Å². The summed E-state index contributed by atoms with van der Waals surface area (Å²) in [6.07, 6.45) is 12.6. The number of rotatable bonds is 7. The van der Waals surface area contributed by atoms with Gasteiger partial charge < -0.3 is 14.7 Å². The number of nitrogens with zero attached hydrogens (tertiary/aromatic N) is 1. The molecule has 7 rings (SSSR count). The van der Waals surface area contributed by atoms with Gasteiger partial charge >= 0.3 is 5.97 Å². The summed E-state index contributed by atoms with van der Waals surface area (Å²) in [6.45, 7) is 8.20. The molecule has 0 saturated heterocycles. The lowest BCUT2D eigenvalue weighted by Gasteiger charge is -2.62. The highest BCUT2D eigenvalue weighted by Crippen LogP contribution is 2.71. The Morgan fingerprint density at radius 3 is 2.23 bits per heavy atom. The summed E-state index contributed by atoms with van der Waals surface area (Å²) in [5.41, 5.74) is 1.78. The Balaban J connectivity index is 0.000000198. The fraction of sp³-hybridized carbons (Fsp3) is 0.489. The van der Waals surface area contributed by atoms with Crippen molar-refractivity contribution in [3.8, 4) is 0 Å². The first-order valence-corrected chi connectivity index (χ1v) is 19.6. The Kier molecular flexibility index (Phi) is 11.0. The number of carbonyl (C=O) groups excluding carboxylic acids is 3. The zero-order valence-electron chi connectivity index (χ0n) is 31.8. The standard InChI is InChI=1S/C25H32ClFO5.C20H21N/c1-5-21(31)32-25(20(30)13-26)14(2)10-18-17-7-6-15-11-16(28)8-9-22(15,3)24(17,27)19(29)12-23(18,25)4;1-21(2)15-7-12-20-18-10-5-3-8-16(18)13-14-17-9-4-6-11-19(17)20/h8-9,11,14,17-19,29H,5-7,10,12-13H2,1-4H3;3-6,8-14H,7,15H2,1-2H3/t14-,17-,18-,19-,22-,23-,24-,25-;/m0./s1. The number of Topliss-reactive ketones (excluding diaryl/α,β-unsaturated/α-hetero) is 1. The second-order valence-electron chi connectivity index (χ2n) is 16.2. The molecule has 0 unspecified atom stereocenters. The van der Waals surface area contributed by atoms with Crippen molar-refractivity contribution >= 4 is 46.9 Å². The maximum Gasteiger partial charge on any atom is 0.306 e. The van der Waals surface area contributed by atoms with E-state index in [2.05, 4.69) is 85.8 Å². The van der Waals surface area contributed by atoms with E-state index in [1.54, 1.807) is 19.9 Å². The van der Waals surface area contributed by atoms with Crippen LogP contribution >= 0.6 is 11.6 Å². The lowest BCUT2D eigenvalue weighted by molar-refractivity contribution is -0.227. The minimum atomic E-state index is -1.99. The third-order valence-corrected chi connectivity index (χ3v) is 13.4. The van der Waals surface area contributed by atoms with Crippen LogP contribution < -0.4 is 0 Å². The molecular weight excluding hydrogens is 689 g/mol. The summed E-state index contributed by atoms with van der Waals surface area (Å²) >= 11 is 6.01. The number of aliphatic hydroxyl groups excluding tert-OH is 1. The van der Waals surface area contributed by atoms with Gasteiger partial charge in [-0.05, 0) is 99.0 Å². The maximum absolute atomic E-state index is 17.2. The van der Waals surface area contributed by atoms with E-state index in [0.29, 0.717) is 24.8 Å². The molecule has 2 aromatic carbocycles. The number of benzene rings is 2. The Morgan fingerprint density at radius 1 is 1.02 bits per heavy atom. The molecule has 3 fully saturated rings. The summed E-state index contributed by atoms with van der Waals surface area (Å²) in [6, 6.07) is 17.3. The molecule has 0 amide bonds. The van der Waals surface area contributed by atoms with Crippen molar-refractivity contribution < 1.29 is 28.6 Å². The Morgan fingerprint density at radius 2 is 1.64 bits per heavy atom. The number of aliphatic hydroxyl groups is 1. The quantitative estimate of drug-likeness (QED) is 0.193. The van der Waals surface area contributed by atoms with Crippen molar-refractivity contribution in [2.75, 3.05) is 26.5 Å². The molecule has 6 nitrogen and oxygen atoms in total. The second kappa shape index (κ2) is 14.9. The number of fused-ring (bicyclic) bond motifs is 7. The molecule has 8 heteroatoms. The number of hydrogen-bond donors (Lipinski definition) is 1. The highest BCUT2D eigenvalue weighted by atomic mass is 35.5. The first-order chi connectivity index (χ1) is 25.2. The summed E-state index contributed by atoms with van der Waals surface area (Å²) in [5.74, 6) is -2.57. The predicted molar refractivity (Wildman–Crippen MR) is 210 cm³/mol. The van der Waals surface area contributed by atoms with Gasteiger partial charge in [0.05, 0.1) is 12.0 Å². The molecule has 2 aromatic rings. The molecule has 282 valence electrons. The lowest BCUT2D eigenvalue weighted by atomic mass is 9.44. The highest BCUT2D eigenvalue weighted by Gasteiger charge is 2.77. The van der Waals surface area contributed by atoms with Crippen molar-refractivity contribution in [1.29, 1.82) is 0 Å². The zero-order chi connectivity index (χ0) is 38.3. The van der Waals surface area contributed by atoms with Crippen LogP contribution in [0.1, 0.15) is 88.5 Å². The Labute approximate surface area is 318 Å². The fourth-order valence-corrected chi connectivity index (χ4v) is 10.7. The molecule has 0 spiro atoms. The number of allylic oxidation sites excluding steroid dienone is 4. The molecular formula is C45H53ClFNO5. The molecule has 0 aromatic heterocycles. The smallest absolute Gasteiger partial charge is 0.306 e. The molecule has 5 aliphatic rings. The highest BCUT2D eigenvalue weighted by molar-refractivity contribution is 6.29. The number of alkyl halides is 2. The van der Waals surface area contributed by atoms with E-state index < -0.39 is 40.1 Å². The topological polar surface area (TPSA) is 83.9 Å². The summed E-state index contributed by atoms with van der Waals surface area (Å²) in [5, 5.41) is 11.4. The minimum absolute atomic E-state index is 0.0285. The molecule has 1 N–H and O–H groups in total. The molecule has 0 radical (unpaired) electrons. The van der Waals surface area contributed by atoms with Gasteiger partial charge in [0.2, 0.25) is 0 Å². The molecule has 53 heavy (non-hydrogen) atoms. The van der Waals surface area contributed by atoms with Crippen LogP contribution in [-0.4, -0.2) is 71.4 Å². The van der Waals surface area contributed by atoms with E-state index in [1.165, 1.54) is 40.0 Å². The molecule has 3 saturated carbocycles. The van der Waals surface area contributed by atoms with Gasteiger partial charge in [-0.2, -0.15) is 0 Å². The van der Waals surface area contributed by atoms with Crippen LogP contribution in [0.15, 0.2) is 78.4 Å². The summed E-state index contributed by atoms with van der Waals surface area (Å²) in [4.78, 5) is 39.9. The minimum Gasteiger partial charge on any atom is -0.450 e. The van der Waals surface area contributed by atoms with E-state index in [-0.39, 0.29) is 42.1 Å².